The fraction of sp³-hybridized carbons (Fsp3) is 0.0714. The van der Waals surface area contributed by atoms with Crippen LogP contribution in [0.15, 0.2) is 36.4 Å². The Hall–Kier alpha value is -1.78. The van der Waals surface area contributed by atoms with Gasteiger partial charge in [-0.05, 0) is 30.3 Å². The number of hydrogen-bond donors (Lipinski definition) is 2. The molecule has 2 N–H and O–H groups in total. The average Bonchev–Trinajstić information content (AvgIpc) is 2.38. The van der Waals surface area contributed by atoms with E-state index in [1.54, 1.807) is 0 Å². The standard InChI is InChI=1S/C14H10Cl2FNO2/c15-8-4-5-13(19)12(6-8)18-14(20)7-9-10(16)2-1-3-11(9)17/h1-6,19H,7H2,(H,18,20). The molecule has 2 aromatic rings. The second-order valence-electron chi connectivity index (χ2n) is 4.09. The molecule has 6 heteroatoms. The molecule has 104 valence electrons. The molecular formula is C14H10Cl2FNO2. The van der Waals surface area contributed by atoms with Gasteiger partial charge in [-0.1, -0.05) is 29.3 Å². The van der Waals surface area contributed by atoms with E-state index >= 15 is 0 Å². The first kappa shape index (κ1) is 14.6. The molecule has 1 amide bonds. The largest absolute Gasteiger partial charge is 0.506 e. The maximum absolute atomic E-state index is 13.6. The lowest BCUT2D eigenvalue weighted by Crippen LogP contribution is -2.15. The number of phenolic OH excluding ortho intramolecular Hbond substituents is 1. The van der Waals surface area contributed by atoms with E-state index in [0.29, 0.717) is 5.02 Å². The Balaban J connectivity index is 2.15. The van der Waals surface area contributed by atoms with Gasteiger partial charge >= 0.3 is 0 Å². The van der Waals surface area contributed by atoms with E-state index in [9.17, 15) is 14.3 Å². The molecule has 0 radical (unpaired) electrons. The molecule has 0 aliphatic rings. The van der Waals surface area contributed by atoms with Crippen LogP contribution in [-0.2, 0) is 11.2 Å². The van der Waals surface area contributed by atoms with E-state index in [2.05, 4.69) is 5.32 Å². The number of hydrogen-bond acceptors (Lipinski definition) is 2. The van der Waals surface area contributed by atoms with Gasteiger partial charge < -0.3 is 10.4 Å². The number of anilines is 1. The minimum atomic E-state index is -0.553. The lowest BCUT2D eigenvalue weighted by Gasteiger charge is -2.09. The van der Waals surface area contributed by atoms with Crippen molar-refractivity contribution in [2.75, 3.05) is 5.32 Å². The van der Waals surface area contributed by atoms with E-state index in [-0.39, 0.29) is 28.4 Å². The van der Waals surface area contributed by atoms with Crippen molar-refractivity contribution in [3.63, 3.8) is 0 Å². The first-order valence-electron chi connectivity index (χ1n) is 5.68. The third-order valence-corrected chi connectivity index (χ3v) is 3.22. The Kier molecular flexibility index (Phi) is 4.47. The minimum Gasteiger partial charge on any atom is -0.506 e. The molecule has 0 aliphatic carbocycles. The van der Waals surface area contributed by atoms with Crippen molar-refractivity contribution in [2.24, 2.45) is 0 Å². The quantitative estimate of drug-likeness (QED) is 0.841. The van der Waals surface area contributed by atoms with Gasteiger partial charge in [-0.3, -0.25) is 4.79 Å². The zero-order valence-corrected chi connectivity index (χ0v) is 11.7. The number of benzene rings is 2. The van der Waals surface area contributed by atoms with E-state index in [0.717, 1.165) is 0 Å². The predicted molar refractivity (Wildman–Crippen MR) is 76.9 cm³/mol. The van der Waals surface area contributed by atoms with Crippen LogP contribution < -0.4 is 5.32 Å². The number of carbonyl (C=O) groups is 1. The lowest BCUT2D eigenvalue weighted by molar-refractivity contribution is -0.115. The van der Waals surface area contributed by atoms with Crippen LogP contribution in [0.1, 0.15) is 5.56 Å². The Morgan fingerprint density at radius 2 is 2.00 bits per heavy atom. The van der Waals surface area contributed by atoms with Crippen LogP contribution in [0.3, 0.4) is 0 Å². The summed E-state index contributed by atoms with van der Waals surface area (Å²) in [6.07, 6.45) is -0.239. The molecule has 0 bridgehead atoms. The first-order valence-corrected chi connectivity index (χ1v) is 6.44. The van der Waals surface area contributed by atoms with Crippen molar-refractivity contribution in [1.82, 2.24) is 0 Å². The zero-order chi connectivity index (χ0) is 14.7. The summed E-state index contributed by atoms with van der Waals surface area (Å²) < 4.78 is 13.6. The van der Waals surface area contributed by atoms with E-state index in [1.165, 1.54) is 36.4 Å². The van der Waals surface area contributed by atoms with Crippen LogP contribution in [0.2, 0.25) is 10.0 Å². The summed E-state index contributed by atoms with van der Waals surface area (Å²) >= 11 is 11.6. The Morgan fingerprint density at radius 3 is 2.70 bits per heavy atom. The van der Waals surface area contributed by atoms with Crippen LogP contribution in [0, 0.1) is 5.82 Å². The minimum absolute atomic E-state index is 0.105. The van der Waals surface area contributed by atoms with Crippen molar-refractivity contribution in [3.05, 3.63) is 57.8 Å². The number of aromatic hydroxyl groups is 1. The monoisotopic (exact) mass is 313 g/mol. The Bertz CT molecular complexity index is 641. The van der Waals surface area contributed by atoms with Crippen molar-refractivity contribution < 1.29 is 14.3 Å². The molecule has 0 spiro atoms. The molecule has 0 saturated heterocycles. The number of carbonyl (C=O) groups excluding carboxylic acids is 1. The predicted octanol–water partition coefficient (Wildman–Crippen LogP) is 4.02. The number of nitrogens with one attached hydrogen (secondary N) is 1. The summed E-state index contributed by atoms with van der Waals surface area (Å²) in [6, 6.07) is 8.43. The van der Waals surface area contributed by atoms with Crippen molar-refractivity contribution >= 4 is 34.8 Å². The molecule has 0 unspecified atom stereocenters. The van der Waals surface area contributed by atoms with Gasteiger partial charge in [0, 0.05) is 15.6 Å². The highest BCUT2D eigenvalue weighted by atomic mass is 35.5. The molecule has 0 heterocycles. The van der Waals surface area contributed by atoms with Gasteiger partial charge in [0.2, 0.25) is 5.91 Å². The van der Waals surface area contributed by atoms with Gasteiger partial charge in [0.1, 0.15) is 11.6 Å². The molecular weight excluding hydrogens is 304 g/mol. The number of amides is 1. The fourth-order valence-corrected chi connectivity index (χ4v) is 2.07. The summed E-state index contributed by atoms with van der Waals surface area (Å²) in [6.45, 7) is 0. The average molecular weight is 314 g/mol. The summed E-state index contributed by atoms with van der Waals surface area (Å²) in [4.78, 5) is 11.9. The summed E-state index contributed by atoms with van der Waals surface area (Å²) in [5.41, 5.74) is 0.267. The third kappa shape index (κ3) is 3.40. The number of halogens is 3. The Morgan fingerprint density at radius 1 is 1.25 bits per heavy atom. The molecule has 2 rings (SSSR count). The van der Waals surface area contributed by atoms with Gasteiger partial charge in [-0.2, -0.15) is 0 Å². The molecule has 20 heavy (non-hydrogen) atoms. The Labute approximate surface area is 124 Å². The highest BCUT2D eigenvalue weighted by Crippen LogP contribution is 2.27. The topological polar surface area (TPSA) is 49.3 Å². The zero-order valence-electron chi connectivity index (χ0n) is 10.2. The molecule has 0 fully saturated rings. The smallest absolute Gasteiger partial charge is 0.229 e. The molecule has 0 aromatic heterocycles. The van der Waals surface area contributed by atoms with Gasteiger partial charge in [0.25, 0.3) is 0 Å². The van der Waals surface area contributed by atoms with E-state index < -0.39 is 11.7 Å². The second kappa shape index (κ2) is 6.11. The molecule has 2 aromatic carbocycles. The third-order valence-electron chi connectivity index (χ3n) is 2.63. The number of rotatable bonds is 3. The molecule has 0 saturated carbocycles. The maximum atomic E-state index is 13.6. The highest BCUT2D eigenvalue weighted by Gasteiger charge is 2.13. The van der Waals surface area contributed by atoms with E-state index in [1.807, 2.05) is 0 Å². The molecule has 0 atom stereocenters. The van der Waals surface area contributed by atoms with Crippen LogP contribution >= 0.6 is 23.2 Å². The summed E-state index contributed by atoms with van der Waals surface area (Å²) in [5.74, 6) is -1.18. The van der Waals surface area contributed by atoms with E-state index in [4.69, 9.17) is 23.2 Å². The normalized spacial score (nSPS) is 10.3. The molecule has 0 aliphatic heterocycles. The maximum Gasteiger partial charge on any atom is 0.229 e. The van der Waals surface area contributed by atoms with Gasteiger partial charge in [0.15, 0.2) is 0 Å². The van der Waals surface area contributed by atoms with Gasteiger partial charge in [-0.15, -0.1) is 0 Å². The fourth-order valence-electron chi connectivity index (χ4n) is 1.66. The SMILES string of the molecule is O=C(Cc1c(F)cccc1Cl)Nc1cc(Cl)ccc1O. The summed E-state index contributed by atoms with van der Waals surface area (Å²) in [7, 11) is 0. The van der Waals surface area contributed by atoms with Crippen LogP contribution in [-0.4, -0.2) is 11.0 Å². The van der Waals surface area contributed by atoms with Crippen LogP contribution in [0.5, 0.6) is 5.75 Å². The van der Waals surface area contributed by atoms with Crippen molar-refractivity contribution in [2.45, 2.75) is 6.42 Å². The highest BCUT2D eigenvalue weighted by molar-refractivity contribution is 6.31. The summed E-state index contributed by atoms with van der Waals surface area (Å²) in [5, 5.41) is 12.6. The van der Waals surface area contributed by atoms with Crippen LogP contribution in [0.25, 0.3) is 0 Å². The van der Waals surface area contributed by atoms with Crippen molar-refractivity contribution in [1.29, 1.82) is 0 Å². The van der Waals surface area contributed by atoms with Crippen LogP contribution in [0.4, 0.5) is 10.1 Å². The van der Waals surface area contributed by atoms with Gasteiger partial charge in [-0.25, -0.2) is 4.39 Å². The first-order chi connectivity index (χ1) is 9.47. The van der Waals surface area contributed by atoms with Crippen molar-refractivity contribution in [3.8, 4) is 5.75 Å². The number of phenols is 1. The lowest BCUT2D eigenvalue weighted by atomic mass is 10.1. The van der Waals surface area contributed by atoms with Gasteiger partial charge in [0.05, 0.1) is 12.1 Å². The second-order valence-corrected chi connectivity index (χ2v) is 4.93. The molecule has 3 nitrogen and oxygen atoms in total.